The summed E-state index contributed by atoms with van der Waals surface area (Å²) in [5, 5.41) is 2.52. The van der Waals surface area contributed by atoms with Crippen molar-refractivity contribution in [2.75, 3.05) is 0 Å². The first-order chi connectivity index (χ1) is 36.6. The predicted octanol–water partition coefficient (Wildman–Crippen LogP) is 17.0. The molecule has 0 bridgehead atoms. The second kappa shape index (κ2) is 16.6. The number of nitrogens with zero attached hydrogens (tertiary/aromatic N) is 4. The molecule has 0 saturated heterocycles. The van der Waals surface area contributed by atoms with Gasteiger partial charge < -0.3 is 4.57 Å². The van der Waals surface area contributed by atoms with Crippen LogP contribution in [0.3, 0.4) is 0 Å². The molecule has 0 fully saturated rings. The number of rotatable bonds is 8. The fraction of sp³-hybridized carbons (Fsp3) is 0. The van der Waals surface area contributed by atoms with Crippen molar-refractivity contribution >= 4 is 53.3 Å². The maximum absolute atomic E-state index is 9.29. The third kappa shape index (κ3) is 6.96. The summed E-state index contributed by atoms with van der Waals surface area (Å²) in [7, 11) is 0. The average Bonchev–Trinajstić information content (AvgIpc) is 4.17. The van der Waals surface area contributed by atoms with E-state index in [-0.39, 0.29) is 57.8 Å². The molecule has 3 heterocycles. The van der Waals surface area contributed by atoms with Crippen molar-refractivity contribution in [2.45, 2.75) is 0 Å². The molecule has 5 heteroatoms. The van der Waals surface area contributed by atoms with Gasteiger partial charge in [-0.1, -0.05) is 182 Å². The van der Waals surface area contributed by atoms with Crippen molar-refractivity contribution in [3.63, 3.8) is 0 Å². The van der Waals surface area contributed by atoms with Gasteiger partial charge in [-0.3, -0.25) is 0 Å². The molecule has 0 aliphatic heterocycles. The van der Waals surface area contributed by atoms with Crippen LogP contribution < -0.4 is 0 Å². The van der Waals surface area contributed by atoms with Crippen molar-refractivity contribution in [1.82, 2.24) is 19.5 Å². The maximum Gasteiger partial charge on any atom is 0.166 e. The zero-order valence-electron chi connectivity index (χ0n) is 43.2. The van der Waals surface area contributed by atoms with Gasteiger partial charge in [-0.25, -0.2) is 15.0 Å². The summed E-state index contributed by atoms with van der Waals surface area (Å²) in [5.74, 6) is 1.06. The average molecular weight is 892 g/mol. The summed E-state index contributed by atoms with van der Waals surface area (Å²) < 4.78 is 66.8. The van der Waals surface area contributed by atoms with Crippen LogP contribution >= 0.6 is 11.3 Å². The highest BCUT2D eigenvalue weighted by Gasteiger charge is 2.21. The Morgan fingerprint density at radius 2 is 0.882 bits per heavy atom. The fourth-order valence-corrected chi connectivity index (χ4v) is 10.6. The van der Waals surface area contributed by atoms with Crippen molar-refractivity contribution in [3.8, 4) is 84.4 Å². The Morgan fingerprint density at radius 3 is 1.63 bits per heavy atom. The van der Waals surface area contributed by atoms with Crippen LogP contribution in [0.1, 0.15) is 9.60 Å². The van der Waals surface area contributed by atoms with E-state index >= 15 is 0 Å². The van der Waals surface area contributed by atoms with E-state index in [0.29, 0.717) is 22.9 Å². The molecule has 68 heavy (non-hydrogen) atoms. The monoisotopic (exact) mass is 891 g/mol. The summed E-state index contributed by atoms with van der Waals surface area (Å²) >= 11 is 1.77. The lowest BCUT2D eigenvalue weighted by Crippen LogP contribution is -2.04. The molecule has 13 aromatic rings. The quantitative estimate of drug-likeness (QED) is 0.153. The molecule has 13 rings (SSSR count). The van der Waals surface area contributed by atoms with E-state index in [1.807, 2.05) is 72.8 Å². The van der Waals surface area contributed by atoms with Crippen LogP contribution in [-0.4, -0.2) is 19.5 Å². The van der Waals surface area contributed by atoms with Crippen LogP contribution in [0.2, 0.25) is 0 Å². The molecule has 0 atom stereocenters. The molecule has 0 radical (unpaired) electrons. The Labute approximate surface area is 407 Å². The zero-order chi connectivity index (χ0) is 51.1. The fourth-order valence-electron chi connectivity index (χ4n) is 9.33. The van der Waals surface area contributed by atoms with E-state index in [4.69, 9.17) is 21.8 Å². The first kappa shape index (κ1) is 32.8. The van der Waals surface area contributed by atoms with Gasteiger partial charge in [0.25, 0.3) is 0 Å². The van der Waals surface area contributed by atoms with Crippen molar-refractivity contribution < 1.29 is 9.60 Å². The van der Waals surface area contributed by atoms with Crippen molar-refractivity contribution in [1.29, 1.82) is 0 Å². The molecule has 0 amide bonds. The Kier molecular flexibility index (Phi) is 8.00. The van der Waals surface area contributed by atoms with Crippen LogP contribution in [-0.2, 0) is 0 Å². The van der Waals surface area contributed by atoms with Gasteiger partial charge in [0.2, 0.25) is 0 Å². The number of fused-ring (bicyclic) bond motifs is 6. The summed E-state index contributed by atoms with van der Waals surface area (Å²) in [6.45, 7) is 0. The van der Waals surface area contributed by atoms with Crippen LogP contribution in [0.25, 0.3) is 126 Å². The molecule has 4 nitrogen and oxygen atoms in total. The minimum Gasteiger partial charge on any atom is -0.309 e. The maximum atomic E-state index is 9.29. The van der Waals surface area contributed by atoms with Crippen molar-refractivity contribution in [2.24, 2.45) is 0 Å². The minimum absolute atomic E-state index is 0.0590. The molecule has 0 aliphatic rings. The van der Waals surface area contributed by atoms with Crippen LogP contribution in [0.4, 0.5) is 0 Å². The Morgan fingerprint density at radius 1 is 0.338 bits per heavy atom. The smallest absolute Gasteiger partial charge is 0.166 e. The lowest BCUT2D eigenvalue weighted by Gasteiger charge is -2.15. The predicted molar refractivity (Wildman–Crippen MR) is 285 cm³/mol. The summed E-state index contributed by atoms with van der Waals surface area (Å²) in [6.07, 6.45) is 0. The van der Waals surface area contributed by atoms with Gasteiger partial charge in [-0.15, -0.1) is 11.3 Å². The van der Waals surface area contributed by atoms with Gasteiger partial charge in [0.15, 0.2) is 17.5 Å². The largest absolute Gasteiger partial charge is 0.309 e. The number of para-hydroxylation sites is 3. The van der Waals surface area contributed by atoms with E-state index in [1.165, 1.54) is 31.8 Å². The zero-order valence-corrected chi connectivity index (χ0v) is 37.1. The van der Waals surface area contributed by atoms with Gasteiger partial charge in [-0.05, 0) is 105 Å². The Hall–Kier alpha value is -8.77. The van der Waals surface area contributed by atoms with E-state index in [0.717, 1.165) is 50.1 Å². The topological polar surface area (TPSA) is 43.6 Å². The third-order valence-electron chi connectivity index (χ3n) is 12.5. The second-order valence-electron chi connectivity index (χ2n) is 16.6. The Balaban J connectivity index is 1.05. The molecule has 0 N–H and O–H groups in total. The number of hydrogen-bond acceptors (Lipinski definition) is 4. The third-order valence-corrected chi connectivity index (χ3v) is 13.8. The number of benzene rings is 10. The van der Waals surface area contributed by atoms with Gasteiger partial charge in [-0.2, -0.15) is 0 Å². The normalized spacial score (nSPS) is 13.0. The molecular weight excluding hydrogens is 845 g/mol. The van der Waals surface area contributed by atoms with E-state index in [1.54, 1.807) is 22.0 Å². The number of aromatic nitrogens is 4. The molecule has 3 aromatic heterocycles. The first-order valence-corrected chi connectivity index (χ1v) is 23.2. The van der Waals surface area contributed by atoms with Crippen LogP contribution in [0.15, 0.2) is 242 Å². The van der Waals surface area contributed by atoms with E-state index < -0.39 is 12.1 Å². The summed E-state index contributed by atoms with van der Waals surface area (Å²) in [4.78, 5) is 15.9. The molecular formula is C63H40N4S. The number of thiophene rings is 1. The minimum atomic E-state index is -0.469. The summed E-state index contributed by atoms with van der Waals surface area (Å²) in [6, 6.07) is 64.9. The van der Waals surface area contributed by atoms with Gasteiger partial charge in [0.1, 0.15) is 0 Å². The second-order valence-corrected chi connectivity index (χ2v) is 17.7. The standard InChI is InChI=1S/C63H40N4S/c1-4-18-41(19-5-1)44-34-35-59-55(40-44)53-30-17-29-50(60(53)68-59)45-24-16-25-46(36-45)61-64-62(49-38-47(42-20-6-2-7-21-42)37-48(39-49)43-22-8-3-9-23-43)66-63(65-61)54-28-12-15-33-58(54)67-56-31-13-10-26-51(56)52-27-11-14-32-57(52)67/h1-40H/i10D,11D,13D,26D,27D,31D,32D. The molecule has 10 aromatic carbocycles. The van der Waals surface area contributed by atoms with Gasteiger partial charge in [0, 0.05) is 47.6 Å². The molecule has 0 aliphatic carbocycles. The number of hydrogen-bond donors (Lipinski definition) is 0. The van der Waals surface area contributed by atoms with E-state index in [2.05, 4.69) is 115 Å². The first-order valence-electron chi connectivity index (χ1n) is 25.8. The highest BCUT2D eigenvalue weighted by molar-refractivity contribution is 7.26. The Bertz CT molecular complexity index is 4390. The lowest BCUT2D eigenvalue weighted by atomic mass is 9.95. The van der Waals surface area contributed by atoms with Gasteiger partial charge >= 0.3 is 0 Å². The van der Waals surface area contributed by atoms with E-state index in [9.17, 15) is 2.74 Å². The van der Waals surface area contributed by atoms with Crippen molar-refractivity contribution in [3.05, 3.63) is 242 Å². The molecule has 0 saturated carbocycles. The van der Waals surface area contributed by atoms with Crippen LogP contribution in [0, 0.1) is 0 Å². The highest BCUT2D eigenvalue weighted by atomic mass is 32.1. The molecule has 0 spiro atoms. The molecule has 0 unspecified atom stereocenters. The summed E-state index contributed by atoms with van der Waals surface area (Å²) in [5.41, 5.74) is 11.0. The highest BCUT2D eigenvalue weighted by Crippen LogP contribution is 2.43. The van der Waals surface area contributed by atoms with Gasteiger partial charge in [0.05, 0.1) is 26.3 Å². The van der Waals surface area contributed by atoms with Crippen LogP contribution in [0.5, 0.6) is 0 Å². The lowest BCUT2D eigenvalue weighted by molar-refractivity contribution is 1.06. The molecule has 318 valence electrons. The SMILES string of the molecule is [2H]c1cc([2H])c2c(c1[2H])c1c([2H])c([2H])c([2H])c([2H])c1n2-c1ccccc1-c1nc(-c2cc(-c3ccccc3)cc(-c3ccccc3)c2)nc(-c2cccc(-c3cccc4c3sc3ccc(-c5ccccc5)cc34)c2)n1.